The molecule has 2 aliphatic heterocycles. The number of imidazole rings is 1. The SMILES string of the molecule is CC(=O)Nc1ccc(Nc2nc(NCCN3CCOCC3)nc3c2ncn3CCN2CCCC2=O)cc1. The predicted molar refractivity (Wildman–Crippen MR) is 141 cm³/mol. The Kier molecular flexibility index (Phi) is 7.76. The summed E-state index contributed by atoms with van der Waals surface area (Å²) in [5.74, 6) is 1.18. The fourth-order valence-electron chi connectivity index (χ4n) is 4.57. The first kappa shape index (κ1) is 24.9. The maximum Gasteiger partial charge on any atom is 0.226 e. The molecule has 2 saturated heterocycles. The molecule has 2 aliphatic rings. The number of carbonyl (C=O) groups excluding carboxylic acids is 2. The van der Waals surface area contributed by atoms with Gasteiger partial charge in [0.25, 0.3) is 0 Å². The summed E-state index contributed by atoms with van der Waals surface area (Å²) in [6.07, 6.45) is 3.29. The minimum absolute atomic E-state index is 0.118. The fraction of sp³-hybridized carbons (Fsp3) is 0.480. The van der Waals surface area contributed by atoms with Crippen LogP contribution in [0.25, 0.3) is 11.2 Å². The van der Waals surface area contributed by atoms with Crippen LogP contribution in [0.5, 0.6) is 0 Å². The molecular formula is C25H33N9O3. The quantitative estimate of drug-likeness (QED) is 0.377. The van der Waals surface area contributed by atoms with Crippen LogP contribution in [-0.4, -0.2) is 93.6 Å². The lowest BCUT2D eigenvalue weighted by atomic mass is 10.2. The Morgan fingerprint density at radius 1 is 1.03 bits per heavy atom. The molecule has 0 atom stereocenters. The number of nitrogens with zero attached hydrogens (tertiary/aromatic N) is 6. The van der Waals surface area contributed by atoms with Gasteiger partial charge in [0.1, 0.15) is 0 Å². The topological polar surface area (TPSA) is 130 Å². The lowest BCUT2D eigenvalue weighted by Gasteiger charge is -2.26. The first-order chi connectivity index (χ1) is 18.0. The van der Waals surface area contributed by atoms with E-state index < -0.39 is 0 Å². The largest absolute Gasteiger partial charge is 0.379 e. The van der Waals surface area contributed by atoms with E-state index in [0.717, 1.165) is 57.2 Å². The van der Waals surface area contributed by atoms with Crippen molar-refractivity contribution < 1.29 is 14.3 Å². The summed E-state index contributed by atoms with van der Waals surface area (Å²) in [4.78, 5) is 41.7. The number of carbonyl (C=O) groups is 2. The molecule has 2 fully saturated rings. The van der Waals surface area contributed by atoms with Gasteiger partial charge in [0.15, 0.2) is 17.0 Å². The highest BCUT2D eigenvalue weighted by Gasteiger charge is 2.21. The molecule has 2 amide bonds. The van der Waals surface area contributed by atoms with Crippen molar-refractivity contribution in [2.24, 2.45) is 0 Å². The Labute approximate surface area is 215 Å². The fourth-order valence-corrected chi connectivity index (χ4v) is 4.57. The van der Waals surface area contributed by atoms with Crippen LogP contribution in [0.3, 0.4) is 0 Å². The third-order valence-corrected chi connectivity index (χ3v) is 6.53. The van der Waals surface area contributed by atoms with Crippen molar-refractivity contribution in [3.05, 3.63) is 30.6 Å². The van der Waals surface area contributed by atoms with Crippen molar-refractivity contribution in [3.63, 3.8) is 0 Å². The third-order valence-electron chi connectivity index (χ3n) is 6.53. The molecular weight excluding hydrogens is 474 g/mol. The number of rotatable bonds is 10. The van der Waals surface area contributed by atoms with Gasteiger partial charge in [-0.25, -0.2) is 4.98 Å². The Morgan fingerprint density at radius 2 is 1.81 bits per heavy atom. The van der Waals surface area contributed by atoms with E-state index in [1.807, 2.05) is 33.7 Å². The van der Waals surface area contributed by atoms with Crippen molar-refractivity contribution in [1.82, 2.24) is 29.3 Å². The van der Waals surface area contributed by atoms with Gasteiger partial charge in [0.05, 0.1) is 19.5 Å². The van der Waals surface area contributed by atoms with Gasteiger partial charge in [0, 0.05) is 70.5 Å². The van der Waals surface area contributed by atoms with E-state index in [0.29, 0.717) is 49.0 Å². The zero-order valence-electron chi connectivity index (χ0n) is 21.1. The average Bonchev–Trinajstić information content (AvgIpc) is 3.50. The molecule has 0 spiro atoms. The van der Waals surface area contributed by atoms with Crippen LogP contribution in [0, 0.1) is 0 Å². The summed E-state index contributed by atoms with van der Waals surface area (Å²) in [6.45, 7) is 8.45. The standard InChI is InChI=1S/C25H33N9O3/c1-18(35)28-19-4-6-20(7-5-19)29-23-22-24(34(17-27-22)12-11-33-9-2-3-21(33)36)31-25(30-23)26-8-10-32-13-15-37-16-14-32/h4-7,17H,2-3,8-16H2,1H3,(H,28,35)(H2,26,29,30,31). The molecule has 12 heteroatoms. The number of nitrogens with one attached hydrogen (secondary N) is 3. The molecule has 37 heavy (non-hydrogen) atoms. The highest BCUT2D eigenvalue weighted by molar-refractivity contribution is 5.89. The van der Waals surface area contributed by atoms with Crippen LogP contribution in [-0.2, 0) is 20.9 Å². The van der Waals surface area contributed by atoms with Gasteiger partial charge in [-0.05, 0) is 30.7 Å². The second-order valence-electron chi connectivity index (χ2n) is 9.25. The Balaban J connectivity index is 1.35. The number of aromatic nitrogens is 4. The molecule has 4 heterocycles. The number of anilines is 4. The molecule has 3 N–H and O–H groups in total. The summed E-state index contributed by atoms with van der Waals surface area (Å²) in [5.41, 5.74) is 2.88. The van der Waals surface area contributed by atoms with Gasteiger partial charge in [-0.1, -0.05) is 0 Å². The molecule has 0 radical (unpaired) electrons. The van der Waals surface area contributed by atoms with Crippen molar-refractivity contribution in [2.45, 2.75) is 26.3 Å². The van der Waals surface area contributed by atoms with Crippen molar-refractivity contribution in [1.29, 1.82) is 0 Å². The number of hydrogen-bond acceptors (Lipinski definition) is 9. The molecule has 0 unspecified atom stereocenters. The summed E-state index contributed by atoms with van der Waals surface area (Å²) in [7, 11) is 0. The monoisotopic (exact) mass is 507 g/mol. The number of amides is 2. The second kappa shape index (κ2) is 11.5. The molecule has 0 aliphatic carbocycles. The Hall–Kier alpha value is -3.77. The van der Waals surface area contributed by atoms with Gasteiger partial charge in [-0.3, -0.25) is 14.5 Å². The summed E-state index contributed by atoms with van der Waals surface area (Å²) >= 11 is 0. The van der Waals surface area contributed by atoms with Gasteiger partial charge in [0.2, 0.25) is 17.8 Å². The van der Waals surface area contributed by atoms with Gasteiger partial charge in [-0.2, -0.15) is 9.97 Å². The number of benzene rings is 1. The van der Waals surface area contributed by atoms with Gasteiger partial charge >= 0.3 is 0 Å². The highest BCUT2D eigenvalue weighted by atomic mass is 16.5. The maximum atomic E-state index is 12.1. The minimum atomic E-state index is -0.118. The van der Waals surface area contributed by atoms with E-state index in [4.69, 9.17) is 14.7 Å². The van der Waals surface area contributed by atoms with Crippen LogP contribution in [0.15, 0.2) is 30.6 Å². The molecule has 3 aromatic rings. The molecule has 196 valence electrons. The smallest absolute Gasteiger partial charge is 0.226 e. The molecule has 1 aromatic carbocycles. The van der Waals surface area contributed by atoms with Crippen molar-refractivity contribution in [3.8, 4) is 0 Å². The lowest BCUT2D eigenvalue weighted by Crippen LogP contribution is -2.39. The van der Waals surface area contributed by atoms with Crippen molar-refractivity contribution >= 4 is 46.1 Å². The van der Waals surface area contributed by atoms with Crippen LogP contribution in [0.4, 0.5) is 23.1 Å². The van der Waals surface area contributed by atoms with E-state index in [1.54, 1.807) is 6.33 Å². The number of fused-ring (bicyclic) bond motifs is 1. The number of likely N-dealkylation sites (tertiary alicyclic amines) is 1. The molecule has 2 aromatic heterocycles. The van der Waals surface area contributed by atoms with Crippen LogP contribution >= 0.6 is 0 Å². The van der Waals surface area contributed by atoms with Gasteiger partial charge in [-0.15, -0.1) is 0 Å². The number of ether oxygens (including phenoxy) is 1. The highest BCUT2D eigenvalue weighted by Crippen LogP contribution is 2.25. The van der Waals surface area contributed by atoms with E-state index in [9.17, 15) is 9.59 Å². The van der Waals surface area contributed by atoms with E-state index in [1.165, 1.54) is 6.92 Å². The zero-order valence-corrected chi connectivity index (χ0v) is 21.1. The zero-order chi connectivity index (χ0) is 25.6. The van der Waals surface area contributed by atoms with Gasteiger partial charge < -0.3 is 30.2 Å². The summed E-state index contributed by atoms with van der Waals surface area (Å²) < 4.78 is 7.40. The lowest BCUT2D eigenvalue weighted by molar-refractivity contribution is -0.127. The second-order valence-corrected chi connectivity index (χ2v) is 9.25. The first-order valence-corrected chi connectivity index (χ1v) is 12.7. The summed E-state index contributed by atoms with van der Waals surface area (Å²) in [6, 6.07) is 7.41. The summed E-state index contributed by atoms with van der Waals surface area (Å²) in [5, 5.41) is 9.49. The van der Waals surface area contributed by atoms with Crippen LogP contribution in [0.2, 0.25) is 0 Å². The minimum Gasteiger partial charge on any atom is -0.379 e. The predicted octanol–water partition coefficient (Wildman–Crippen LogP) is 1.89. The molecule has 12 nitrogen and oxygen atoms in total. The van der Waals surface area contributed by atoms with Crippen LogP contribution in [0.1, 0.15) is 19.8 Å². The molecule has 0 bridgehead atoms. The van der Waals surface area contributed by atoms with E-state index in [2.05, 4.69) is 25.8 Å². The third kappa shape index (κ3) is 6.33. The number of morpholine rings is 1. The van der Waals surface area contributed by atoms with Crippen LogP contribution < -0.4 is 16.0 Å². The van der Waals surface area contributed by atoms with Crippen molar-refractivity contribution in [2.75, 3.05) is 68.4 Å². The molecule has 5 rings (SSSR count). The normalized spacial score (nSPS) is 16.4. The van der Waals surface area contributed by atoms with E-state index >= 15 is 0 Å². The van der Waals surface area contributed by atoms with E-state index in [-0.39, 0.29) is 11.8 Å². The Morgan fingerprint density at radius 3 is 2.54 bits per heavy atom. The first-order valence-electron chi connectivity index (χ1n) is 12.7. The average molecular weight is 508 g/mol. The molecule has 0 saturated carbocycles. The maximum absolute atomic E-state index is 12.1. The Bertz CT molecular complexity index is 1240. The number of hydrogen-bond donors (Lipinski definition) is 3.